The Balaban J connectivity index is 3.15. The van der Waals surface area contributed by atoms with Crippen LogP contribution in [0.4, 0.5) is 0 Å². The van der Waals surface area contributed by atoms with Crippen molar-refractivity contribution in [2.45, 2.75) is 45.6 Å². The van der Waals surface area contributed by atoms with Crippen LogP contribution >= 0.6 is 0 Å². The van der Waals surface area contributed by atoms with E-state index in [0.717, 1.165) is 11.4 Å². The number of aliphatic hydroxyl groups is 1. The summed E-state index contributed by atoms with van der Waals surface area (Å²) < 4.78 is 0. The summed E-state index contributed by atoms with van der Waals surface area (Å²) in [5.41, 5.74) is 0.907. The molecule has 1 heterocycles. The molecular formula is C12H19NO. The molecule has 1 N–H and O–H groups in total. The Morgan fingerprint density at radius 3 is 1.93 bits per heavy atom. The maximum atomic E-state index is 9.82. The van der Waals surface area contributed by atoms with Gasteiger partial charge in [0.25, 0.3) is 0 Å². The summed E-state index contributed by atoms with van der Waals surface area (Å²) in [5.74, 6) is 0. The lowest BCUT2D eigenvalue weighted by Gasteiger charge is -2.22. The zero-order valence-electron chi connectivity index (χ0n) is 9.63. The minimum absolute atomic E-state index is 0.0290. The highest BCUT2D eigenvalue weighted by molar-refractivity contribution is 5.20. The van der Waals surface area contributed by atoms with E-state index in [1.165, 1.54) is 0 Å². The SMILES string of the molecule is CC(C)(C)c1cccc(C(C)(C)O)n1. The van der Waals surface area contributed by atoms with Crippen LogP contribution in [0.5, 0.6) is 0 Å². The molecule has 0 saturated heterocycles. The van der Waals surface area contributed by atoms with E-state index in [0.29, 0.717) is 0 Å². The van der Waals surface area contributed by atoms with Crippen LogP contribution in [0, 0.1) is 0 Å². The van der Waals surface area contributed by atoms with Gasteiger partial charge >= 0.3 is 0 Å². The Morgan fingerprint density at radius 1 is 1.00 bits per heavy atom. The summed E-state index contributed by atoms with van der Waals surface area (Å²) in [6, 6.07) is 5.80. The highest BCUT2D eigenvalue weighted by Crippen LogP contribution is 2.23. The van der Waals surface area contributed by atoms with Crippen LogP contribution in [-0.4, -0.2) is 10.1 Å². The van der Waals surface area contributed by atoms with Gasteiger partial charge in [-0.1, -0.05) is 26.8 Å². The lowest BCUT2D eigenvalue weighted by Crippen LogP contribution is -2.21. The van der Waals surface area contributed by atoms with Crippen LogP contribution in [0.15, 0.2) is 18.2 Å². The number of pyridine rings is 1. The van der Waals surface area contributed by atoms with Crippen LogP contribution in [-0.2, 0) is 11.0 Å². The van der Waals surface area contributed by atoms with E-state index >= 15 is 0 Å². The Hall–Kier alpha value is -0.890. The van der Waals surface area contributed by atoms with Crippen LogP contribution in [0.2, 0.25) is 0 Å². The third kappa shape index (κ3) is 2.55. The van der Waals surface area contributed by atoms with Gasteiger partial charge in [0.15, 0.2) is 0 Å². The molecule has 0 aliphatic carbocycles. The third-order valence-corrected chi connectivity index (χ3v) is 2.14. The van der Waals surface area contributed by atoms with Crippen molar-refractivity contribution >= 4 is 0 Å². The Bertz CT molecular complexity index is 289. The van der Waals surface area contributed by atoms with Gasteiger partial charge in [-0.25, -0.2) is 0 Å². The molecule has 2 nitrogen and oxygen atoms in total. The zero-order chi connectivity index (χ0) is 11.0. The Morgan fingerprint density at radius 2 is 1.50 bits per heavy atom. The van der Waals surface area contributed by atoms with Gasteiger partial charge in [0.05, 0.1) is 5.69 Å². The molecule has 0 unspecified atom stereocenters. The fourth-order valence-corrected chi connectivity index (χ4v) is 1.19. The predicted octanol–water partition coefficient (Wildman–Crippen LogP) is 2.61. The molecule has 0 bridgehead atoms. The Kier molecular flexibility index (Phi) is 2.68. The lowest BCUT2D eigenvalue weighted by molar-refractivity contribution is 0.0734. The number of nitrogens with zero attached hydrogens (tertiary/aromatic N) is 1. The molecule has 2 heteroatoms. The fourth-order valence-electron chi connectivity index (χ4n) is 1.19. The summed E-state index contributed by atoms with van der Waals surface area (Å²) in [5, 5.41) is 9.82. The average Bonchev–Trinajstić information content (AvgIpc) is 2.01. The summed E-state index contributed by atoms with van der Waals surface area (Å²) in [7, 11) is 0. The van der Waals surface area contributed by atoms with Gasteiger partial charge in [-0.2, -0.15) is 0 Å². The second-order valence-corrected chi connectivity index (χ2v) is 5.22. The molecule has 0 amide bonds. The monoisotopic (exact) mass is 193 g/mol. The standard InChI is InChI=1S/C12H19NO/c1-11(2,3)9-7-6-8-10(13-9)12(4,5)14/h6-8,14H,1-5H3. The second kappa shape index (κ2) is 3.35. The van der Waals surface area contributed by atoms with Gasteiger partial charge in [-0.3, -0.25) is 4.98 Å². The molecule has 0 spiro atoms. The van der Waals surface area contributed by atoms with Crippen LogP contribution in [0.1, 0.15) is 46.0 Å². The topological polar surface area (TPSA) is 33.1 Å². The molecule has 1 rings (SSSR count). The Labute approximate surface area is 86.0 Å². The molecular weight excluding hydrogens is 174 g/mol. The first kappa shape index (κ1) is 11.2. The second-order valence-electron chi connectivity index (χ2n) is 5.22. The van der Waals surface area contributed by atoms with Crippen molar-refractivity contribution in [1.82, 2.24) is 4.98 Å². The van der Waals surface area contributed by atoms with Gasteiger partial charge in [-0.05, 0) is 26.0 Å². The molecule has 0 aromatic carbocycles. The van der Waals surface area contributed by atoms with Gasteiger partial charge in [0, 0.05) is 11.1 Å². The van der Waals surface area contributed by atoms with Gasteiger partial charge in [0.1, 0.15) is 5.60 Å². The first-order chi connectivity index (χ1) is 6.21. The highest BCUT2D eigenvalue weighted by atomic mass is 16.3. The van der Waals surface area contributed by atoms with E-state index in [4.69, 9.17) is 0 Å². The molecule has 1 aromatic rings. The molecule has 14 heavy (non-hydrogen) atoms. The number of aromatic nitrogens is 1. The predicted molar refractivity (Wildman–Crippen MR) is 58.2 cm³/mol. The third-order valence-electron chi connectivity index (χ3n) is 2.14. The molecule has 0 aliphatic heterocycles. The minimum Gasteiger partial charge on any atom is -0.384 e. The van der Waals surface area contributed by atoms with Gasteiger partial charge in [0.2, 0.25) is 0 Å². The number of hydrogen-bond donors (Lipinski definition) is 1. The maximum absolute atomic E-state index is 9.82. The van der Waals surface area contributed by atoms with E-state index in [1.807, 2.05) is 18.2 Å². The molecule has 0 atom stereocenters. The van der Waals surface area contributed by atoms with E-state index in [-0.39, 0.29) is 5.41 Å². The summed E-state index contributed by atoms with van der Waals surface area (Å²) in [6.07, 6.45) is 0. The van der Waals surface area contributed by atoms with Crippen molar-refractivity contribution in [3.8, 4) is 0 Å². The van der Waals surface area contributed by atoms with Crippen LogP contribution in [0.3, 0.4) is 0 Å². The van der Waals surface area contributed by atoms with Gasteiger partial charge < -0.3 is 5.11 Å². The number of hydrogen-bond acceptors (Lipinski definition) is 2. The summed E-state index contributed by atoms with van der Waals surface area (Å²) in [4.78, 5) is 4.47. The van der Waals surface area contributed by atoms with E-state index < -0.39 is 5.60 Å². The molecule has 0 aliphatic rings. The van der Waals surface area contributed by atoms with Crippen LogP contribution < -0.4 is 0 Å². The lowest BCUT2D eigenvalue weighted by atomic mass is 9.91. The van der Waals surface area contributed by atoms with E-state index in [2.05, 4.69) is 25.8 Å². The highest BCUT2D eigenvalue weighted by Gasteiger charge is 2.21. The number of rotatable bonds is 1. The summed E-state index contributed by atoms with van der Waals surface area (Å²) >= 11 is 0. The van der Waals surface area contributed by atoms with Gasteiger partial charge in [-0.15, -0.1) is 0 Å². The van der Waals surface area contributed by atoms with Crippen molar-refractivity contribution in [2.24, 2.45) is 0 Å². The quantitative estimate of drug-likeness (QED) is 0.743. The molecule has 0 radical (unpaired) electrons. The average molecular weight is 193 g/mol. The first-order valence-electron chi connectivity index (χ1n) is 4.91. The largest absolute Gasteiger partial charge is 0.384 e. The molecule has 0 saturated carbocycles. The molecule has 0 fully saturated rings. The summed E-state index contributed by atoms with van der Waals surface area (Å²) in [6.45, 7) is 9.85. The van der Waals surface area contributed by atoms with E-state index in [9.17, 15) is 5.11 Å². The van der Waals surface area contributed by atoms with Crippen LogP contribution in [0.25, 0.3) is 0 Å². The zero-order valence-corrected chi connectivity index (χ0v) is 9.63. The van der Waals surface area contributed by atoms with Crippen molar-refractivity contribution in [1.29, 1.82) is 0 Å². The van der Waals surface area contributed by atoms with Crippen molar-refractivity contribution in [3.63, 3.8) is 0 Å². The maximum Gasteiger partial charge on any atom is 0.101 e. The smallest absolute Gasteiger partial charge is 0.101 e. The molecule has 78 valence electrons. The molecule has 1 aromatic heterocycles. The van der Waals surface area contributed by atoms with Crippen molar-refractivity contribution in [2.75, 3.05) is 0 Å². The fraction of sp³-hybridized carbons (Fsp3) is 0.583. The minimum atomic E-state index is -0.860. The van der Waals surface area contributed by atoms with E-state index in [1.54, 1.807) is 13.8 Å². The normalized spacial score (nSPS) is 13.0. The van der Waals surface area contributed by atoms with Crippen molar-refractivity contribution < 1.29 is 5.11 Å². The first-order valence-corrected chi connectivity index (χ1v) is 4.91. The van der Waals surface area contributed by atoms with Crippen molar-refractivity contribution in [3.05, 3.63) is 29.6 Å².